The lowest BCUT2D eigenvalue weighted by atomic mass is 10.1. The highest BCUT2D eigenvalue weighted by molar-refractivity contribution is 5.75. The normalized spacial score (nSPS) is 13.2. The molecule has 5 nitrogen and oxygen atoms in total. The van der Waals surface area contributed by atoms with Crippen LogP contribution in [0.25, 0.3) is 0 Å². The van der Waals surface area contributed by atoms with Gasteiger partial charge in [0.25, 0.3) is 5.91 Å². The molecule has 0 fully saturated rings. The molecule has 22 heavy (non-hydrogen) atoms. The van der Waals surface area contributed by atoms with Crippen molar-refractivity contribution in [2.75, 3.05) is 24.7 Å². The summed E-state index contributed by atoms with van der Waals surface area (Å²) in [5, 5.41) is 0. The molecule has 2 aromatic carbocycles. The van der Waals surface area contributed by atoms with Gasteiger partial charge < -0.3 is 20.1 Å². The zero-order valence-electron chi connectivity index (χ0n) is 12.2. The minimum absolute atomic E-state index is 0.114. The minimum atomic E-state index is -0.480. The lowest BCUT2D eigenvalue weighted by molar-refractivity contribution is -0.119. The van der Waals surface area contributed by atoms with Crippen LogP contribution in [0.3, 0.4) is 0 Å². The molecule has 3 rings (SSSR count). The van der Waals surface area contributed by atoms with Crippen LogP contribution in [0.15, 0.2) is 48.5 Å². The topological polar surface area (TPSA) is 64.8 Å². The summed E-state index contributed by atoms with van der Waals surface area (Å²) in [4.78, 5) is 13.1. The second-order valence-electron chi connectivity index (χ2n) is 5.10. The molecule has 0 aliphatic carbocycles. The maximum atomic E-state index is 10.9. The lowest BCUT2D eigenvalue weighted by Gasteiger charge is -2.31. The molecule has 1 aliphatic rings. The minimum Gasteiger partial charge on any atom is -0.490 e. The van der Waals surface area contributed by atoms with E-state index in [1.807, 2.05) is 48.5 Å². The van der Waals surface area contributed by atoms with Crippen molar-refractivity contribution in [3.8, 4) is 11.5 Å². The Hall–Kier alpha value is -2.69. The molecule has 0 atom stereocenters. The molecule has 1 heterocycles. The van der Waals surface area contributed by atoms with Crippen molar-refractivity contribution in [1.82, 2.24) is 0 Å². The number of anilines is 1. The van der Waals surface area contributed by atoms with Crippen LogP contribution in [0.4, 0.5) is 5.69 Å². The van der Waals surface area contributed by atoms with Gasteiger partial charge in [0.15, 0.2) is 6.61 Å². The number of benzene rings is 2. The van der Waals surface area contributed by atoms with Crippen molar-refractivity contribution >= 4 is 11.6 Å². The van der Waals surface area contributed by atoms with Gasteiger partial charge in [-0.2, -0.15) is 0 Å². The van der Waals surface area contributed by atoms with E-state index in [1.165, 1.54) is 0 Å². The molecule has 114 valence electrons. The number of carbonyl (C=O) groups is 1. The van der Waals surface area contributed by atoms with Gasteiger partial charge in [-0.1, -0.05) is 30.3 Å². The van der Waals surface area contributed by atoms with Gasteiger partial charge in [0.05, 0.1) is 12.2 Å². The number of nitrogens with two attached hydrogens (primary N) is 1. The number of hydrogen-bond donors (Lipinski definition) is 1. The van der Waals surface area contributed by atoms with Crippen LogP contribution in [-0.2, 0) is 11.3 Å². The summed E-state index contributed by atoms with van der Waals surface area (Å²) in [6.07, 6.45) is 0. The third kappa shape index (κ3) is 3.14. The van der Waals surface area contributed by atoms with Gasteiger partial charge in [0.2, 0.25) is 0 Å². The maximum Gasteiger partial charge on any atom is 0.255 e. The molecule has 0 bridgehead atoms. The van der Waals surface area contributed by atoms with Crippen molar-refractivity contribution in [2.45, 2.75) is 6.54 Å². The summed E-state index contributed by atoms with van der Waals surface area (Å²) in [5.41, 5.74) is 7.23. The Balaban J connectivity index is 1.81. The van der Waals surface area contributed by atoms with E-state index < -0.39 is 5.91 Å². The molecule has 0 saturated heterocycles. The van der Waals surface area contributed by atoms with E-state index in [1.54, 1.807) is 0 Å². The summed E-state index contributed by atoms with van der Waals surface area (Å²) in [6, 6.07) is 15.7. The molecule has 1 amide bonds. The quantitative estimate of drug-likeness (QED) is 0.916. The molecular weight excluding hydrogens is 280 g/mol. The number of nitrogens with zero attached hydrogens (tertiary/aromatic N) is 1. The number of fused-ring (bicyclic) bond motifs is 1. The van der Waals surface area contributed by atoms with E-state index in [0.717, 1.165) is 23.5 Å². The number of primary amides is 1. The fourth-order valence-corrected chi connectivity index (χ4v) is 2.52. The average Bonchev–Trinajstić information content (AvgIpc) is 2.54. The SMILES string of the molecule is NC(=O)COc1ccccc1CN1CCOc2ccccc21. The van der Waals surface area contributed by atoms with Crippen LogP contribution in [0, 0.1) is 0 Å². The van der Waals surface area contributed by atoms with Crippen LogP contribution >= 0.6 is 0 Å². The number of ether oxygens (including phenoxy) is 2. The second-order valence-corrected chi connectivity index (χ2v) is 5.10. The van der Waals surface area contributed by atoms with Crippen LogP contribution in [0.2, 0.25) is 0 Å². The van der Waals surface area contributed by atoms with Gasteiger partial charge in [-0.3, -0.25) is 4.79 Å². The fraction of sp³-hybridized carbons (Fsp3) is 0.235. The largest absolute Gasteiger partial charge is 0.490 e. The van der Waals surface area contributed by atoms with E-state index in [0.29, 0.717) is 18.9 Å². The van der Waals surface area contributed by atoms with E-state index in [2.05, 4.69) is 4.90 Å². The first-order valence-electron chi connectivity index (χ1n) is 7.20. The van der Waals surface area contributed by atoms with Gasteiger partial charge in [-0.05, 0) is 18.2 Å². The van der Waals surface area contributed by atoms with Crippen LogP contribution in [0.5, 0.6) is 11.5 Å². The predicted octanol–water partition coefficient (Wildman–Crippen LogP) is 1.95. The first kappa shape index (κ1) is 14.3. The zero-order chi connectivity index (χ0) is 15.4. The molecule has 5 heteroatoms. The summed E-state index contributed by atoms with van der Waals surface area (Å²) < 4.78 is 11.2. The highest BCUT2D eigenvalue weighted by Crippen LogP contribution is 2.33. The van der Waals surface area contributed by atoms with Crippen LogP contribution in [0.1, 0.15) is 5.56 Å². The number of para-hydroxylation sites is 3. The molecule has 0 radical (unpaired) electrons. The van der Waals surface area contributed by atoms with Gasteiger partial charge in [0.1, 0.15) is 18.1 Å². The number of amides is 1. The molecule has 0 spiro atoms. The standard InChI is InChI=1S/C17H18N2O3/c18-17(20)12-22-15-7-3-1-5-13(15)11-19-9-10-21-16-8-4-2-6-14(16)19/h1-8H,9-12H2,(H2,18,20). The highest BCUT2D eigenvalue weighted by atomic mass is 16.5. The van der Waals surface area contributed by atoms with Gasteiger partial charge in [-0.15, -0.1) is 0 Å². The van der Waals surface area contributed by atoms with Crippen molar-refractivity contribution in [2.24, 2.45) is 5.73 Å². The molecule has 0 saturated carbocycles. The predicted molar refractivity (Wildman–Crippen MR) is 84.1 cm³/mol. The van der Waals surface area contributed by atoms with Crippen molar-refractivity contribution in [3.63, 3.8) is 0 Å². The fourth-order valence-electron chi connectivity index (χ4n) is 2.52. The molecule has 0 unspecified atom stereocenters. The smallest absolute Gasteiger partial charge is 0.255 e. The van der Waals surface area contributed by atoms with Crippen molar-refractivity contribution < 1.29 is 14.3 Å². The summed E-state index contributed by atoms with van der Waals surface area (Å²) in [7, 11) is 0. The highest BCUT2D eigenvalue weighted by Gasteiger charge is 2.18. The Labute approximate surface area is 129 Å². The van der Waals surface area contributed by atoms with Gasteiger partial charge in [-0.25, -0.2) is 0 Å². The Morgan fingerprint density at radius 2 is 1.95 bits per heavy atom. The monoisotopic (exact) mass is 298 g/mol. The molecular formula is C17H18N2O3. The Morgan fingerprint density at radius 3 is 2.82 bits per heavy atom. The Kier molecular flexibility index (Phi) is 4.14. The third-order valence-corrected chi connectivity index (χ3v) is 3.53. The van der Waals surface area contributed by atoms with E-state index in [9.17, 15) is 4.79 Å². The first-order chi connectivity index (χ1) is 10.7. The number of rotatable bonds is 5. The van der Waals surface area contributed by atoms with E-state index >= 15 is 0 Å². The summed E-state index contributed by atoms with van der Waals surface area (Å²) in [5.74, 6) is 1.10. The summed E-state index contributed by atoms with van der Waals surface area (Å²) >= 11 is 0. The maximum absolute atomic E-state index is 10.9. The van der Waals surface area contributed by atoms with Gasteiger partial charge >= 0.3 is 0 Å². The lowest BCUT2D eigenvalue weighted by Crippen LogP contribution is -2.32. The average molecular weight is 298 g/mol. The van der Waals surface area contributed by atoms with Gasteiger partial charge in [0, 0.05) is 12.1 Å². The number of hydrogen-bond acceptors (Lipinski definition) is 4. The first-order valence-corrected chi connectivity index (χ1v) is 7.20. The molecule has 2 N–H and O–H groups in total. The molecule has 0 aromatic heterocycles. The zero-order valence-corrected chi connectivity index (χ0v) is 12.2. The second kappa shape index (κ2) is 6.39. The third-order valence-electron chi connectivity index (χ3n) is 3.53. The molecule has 1 aliphatic heterocycles. The van der Waals surface area contributed by atoms with Crippen molar-refractivity contribution in [1.29, 1.82) is 0 Å². The van der Waals surface area contributed by atoms with Crippen LogP contribution in [-0.4, -0.2) is 25.7 Å². The molecule has 2 aromatic rings. The van der Waals surface area contributed by atoms with Crippen LogP contribution < -0.4 is 20.1 Å². The Morgan fingerprint density at radius 1 is 1.18 bits per heavy atom. The van der Waals surface area contributed by atoms with Crippen molar-refractivity contribution in [3.05, 3.63) is 54.1 Å². The number of carbonyl (C=O) groups excluding carboxylic acids is 1. The van der Waals surface area contributed by atoms with E-state index in [-0.39, 0.29) is 6.61 Å². The Bertz CT molecular complexity index is 672. The summed E-state index contributed by atoms with van der Waals surface area (Å²) in [6.45, 7) is 2.04. The van der Waals surface area contributed by atoms with E-state index in [4.69, 9.17) is 15.2 Å².